The van der Waals surface area contributed by atoms with E-state index in [1.165, 1.54) is 0 Å². The van der Waals surface area contributed by atoms with E-state index in [9.17, 15) is 14.4 Å². The summed E-state index contributed by atoms with van der Waals surface area (Å²) in [4.78, 5) is 32.8. The second kappa shape index (κ2) is 6.07. The van der Waals surface area contributed by atoms with E-state index in [0.717, 1.165) is 0 Å². The Morgan fingerprint density at radius 3 is 2.18 bits per heavy atom. The molecule has 0 aliphatic carbocycles. The van der Waals surface area contributed by atoms with Crippen molar-refractivity contribution >= 4 is 17.9 Å². The number of carboxylic acids is 1. The molecule has 7 nitrogen and oxygen atoms in total. The van der Waals surface area contributed by atoms with Crippen molar-refractivity contribution in [2.75, 3.05) is 0 Å². The van der Waals surface area contributed by atoms with Crippen molar-refractivity contribution in [3.63, 3.8) is 0 Å². The number of nitrogens with two attached hydrogens (primary N) is 1. The Bertz CT molecular complexity index is 309. The van der Waals surface area contributed by atoms with Gasteiger partial charge in [0.15, 0.2) is 0 Å². The first kappa shape index (κ1) is 15.2. The molecule has 5 N–H and O–H groups in total. The van der Waals surface area contributed by atoms with Gasteiger partial charge in [-0.25, -0.2) is 9.59 Å². The minimum Gasteiger partial charge on any atom is -0.480 e. The molecule has 0 fully saturated rings. The van der Waals surface area contributed by atoms with Gasteiger partial charge in [-0.3, -0.25) is 4.79 Å². The molecule has 0 saturated carbocycles. The average molecular weight is 245 g/mol. The maximum Gasteiger partial charge on any atom is 0.326 e. The van der Waals surface area contributed by atoms with E-state index in [1.54, 1.807) is 20.8 Å². The summed E-state index contributed by atoms with van der Waals surface area (Å²) >= 11 is 0. The summed E-state index contributed by atoms with van der Waals surface area (Å²) in [5, 5.41) is 13.7. The van der Waals surface area contributed by atoms with Crippen molar-refractivity contribution in [2.24, 2.45) is 5.73 Å². The number of primary amides is 1. The SMILES string of the molecule is CC(C)(C)NC(=O)N[C@@H](CCC(N)=O)C(=O)O. The Labute approximate surface area is 99.7 Å². The molecule has 0 aliphatic heterocycles. The molecule has 0 aromatic rings. The normalized spacial score (nSPS) is 12.6. The minimum atomic E-state index is -1.20. The van der Waals surface area contributed by atoms with Gasteiger partial charge in [-0.05, 0) is 27.2 Å². The van der Waals surface area contributed by atoms with Gasteiger partial charge in [0.25, 0.3) is 0 Å². The molecular formula is C10H19N3O4. The highest BCUT2D eigenvalue weighted by Gasteiger charge is 2.22. The number of rotatable bonds is 5. The molecule has 7 heteroatoms. The Kier molecular flexibility index (Phi) is 5.43. The van der Waals surface area contributed by atoms with E-state index >= 15 is 0 Å². The molecule has 0 aliphatic rings. The predicted molar refractivity (Wildman–Crippen MR) is 61.3 cm³/mol. The summed E-state index contributed by atoms with van der Waals surface area (Å²) in [5.74, 6) is -1.80. The second-order valence-corrected chi connectivity index (χ2v) is 4.74. The van der Waals surface area contributed by atoms with Gasteiger partial charge < -0.3 is 21.5 Å². The molecule has 0 unspecified atom stereocenters. The molecule has 0 saturated heterocycles. The van der Waals surface area contributed by atoms with Crippen molar-refractivity contribution in [3.8, 4) is 0 Å². The second-order valence-electron chi connectivity index (χ2n) is 4.74. The maximum atomic E-state index is 11.4. The molecule has 98 valence electrons. The third-order valence-electron chi connectivity index (χ3n) is 1.77. The van der Waals surface area contributed by atoms with E-state index in [1.807, 2.05) is 0 Å². The summed E-state index contributed by atoms with van der Waals surface area (Å²) in [6, 6.07) is -1.71. The fraction of sp³-hybridized carbons (Fsp3) is 0.700. The minimum absolute atomic E-state index is 0.0256. The summed E-state index contributed by atoms with van der Waals surface area (Å²) in [7, 11) is 0. The number of carboxylic acid groups (broad SMARTS) is 1. The summed E-state index contributed by atoms with van der Waals surface area (Å²) in [6.07, 6.45) is -0.116. The fourth-order valence-corrected chi connectivity index (χ4v) is 1.08. The molecule has 3 amide bonds. The van der Waals surface area contributed by atoms with E-state index in [-0.39, 0.29) is 12.8 Å². The fourth-order valence-electron chi connectivity index (χ4n) is 1.08. The van der Waals surface area contributed by atoms with Crippen molar-refractivity contribution in [1.29, 1.82) is 0 Å². The highest BCUT2D eigenvalue weighted by Crippen LogP contribution is 2.00. The maximum absolute atomic E-state index is 11.4. The van der Waals surface area contributed by atoms with Gasteiger partial charge in [-0.2, -0.15) is 0 Å². The zero-order chi connectivity index (χ0) is 13.6. The summed E-state index contributed by atoms with van der Waals surface area (Å²) in [5.41, 5.74) is 4.45. The van der Waals surface area contributed by atoms with Gasteiger partial charge >= 0.3 is 12.0 Å². The first-order valence-corrected chi connectivity index (χ1v) is 5.21. The Morgan fingerprint density at radius 1 is 1.29 bits per heavy atom. The molecule has 17 heavy (non-hydrogen) atoms. The smallest absolute Gasteiger partial charge is 0.326 e. The monoisotopic (exact) mass is 245 g/mol. The topological polar surface area (TPSA) is 122 Å². The molecular weight excluding hydrogens is 226 g/mol. The van der Waals surface area contributed by atoms with Crippen LogP contribution >= 0.6 is 0 Å². The van der Waals surface area contributed by atoms with E-state index in [0.29, 0.717) is 0 Å². The number of hydrogen-bond donors (Lipinski definition) is 4. The zero-order valence-electron chi connectivity index (χ0n) is 10.2. The third kappa shape index (κ3) is 8.06. The molecule has 0 aromatic heterocycles. The molecule has 0 aromatic carbocycles. The van der Waals surface area contributed by atoms with Crippen molar-refractivity contribution in [2.45, 2.75) is 45.2 Å². The van der Waals surface area contributed by atoms with Crippen LogP contribution in [0.4, 0.5) is 4.79 Å². The Morgan fingerprint density at radius 2 is 1.82 bits per heavy atom. The largest absolute Gasteiger partial charge is 0.480 e. The van der Waals surface area contributed by atoms with Crippen LogP contribution in [0.3, 0.4) is 0 Å². The highest BCUT2D eigenvalue weighted by atomic mass is 16.4. The first-order chi connectivity index (χ1) is 7.61. The molecule has 0 spiro atoms. The lowest BCUT2D eigenvalue weighted by atomic mass is 10.1. The quantitative estimate of drug-likeness (QED) is 0.536. The van der Waals surface area contributed by atoms with E-state index < -0.39 is 29.5 Å². The number of carbonyl (C=O) groups is 3. The number of nitrogens with one attached hydrogen (secondary N) is 2. The van der Waals surface area contributed by atoms with Gasteiger partial charge in [0.1, 0.15) is 6.04 Å². The molecule has 0 heterocycles. The number of carbonyl (C=O) groups excluding carboxylic acids is 2. The number of aliphatic carboxylic acids is 1. The van der Waals surface area contributed by atoms with Crippen LogP contribution in [0.2, 0.25) is 0 Å². The van der Waals surface area contributed by atoms with Crippen LogP contribution in [0.25, 0.3) is 0 Å². The lowest BCUT2D eigenvalue weighted by Crippen LogP contribution is -2.51. The van der Waals surface area contributed by atoms with Crippen LogP contribution in [-0.4, -0.2) is 34.6 Å². The van der Waals surface area contributed by atoms with Crippen LogP contribution in [0.1, 0.15) is 33.6 Å². The van der Waals surface area contributed by atoms with Crippen LogP contribution in [0, 0.1) is 0 Å². The summed E-state index contributed by atoms with van der Waals surface area (Å²) < 4.78 is 0. The summed E-state index contributed by atoms with van der Waals surface area (Å²) in [6.45, 7) is 5.31. The van der Waals surface area contributed by atoms with Gasteiger partial charge in [0, 0.05) is 12.0 Å². The number of urea groups is 1. The van der Waals surface area contributed by atoms with E-state index in [4.69, 9.17) is 10.8 Å². The number of hydrogen-bond acceptors (Lipinski definition) is 3. The van der Waals surface area contributed by atoms with Gasteiger partial charge in [-0.15, -0.1) is 0 Å². The lowest BCUT2D eigenvalue weighted by molar-refractivity contribution is -0.139. The average Bonchev–Trinajstić information content (AvgIpc) is 2.08. The Balaban J connectivity index is 4.30. The number of amides is 3. The predicted octanol–water partition coefficient (Wildman–Crippen LogP) is -0.197. The highest BCUT2D eigenvalue weighted by molar-refractivity contribution is 5.83. The van der Waals surface area contributed by atoms with Crippen molar-refractivity contribution in [3.05, 3.63) is 0 Å². The molecule has 0 radical (unpaired) electrons. The van der Waals surface area contributed by atoms with Gasteiger partial charge in [0.05, 0.1) is 0 Å². The lowest BCUT2D eigenvalue weighted by Gasteiger charge is -2.22. The molecule has 0 bridgehead atoms. The standard InChI is InChI=1S/C10H19N3O4/c1-10(2,3)13-9(17)12-6(8(15)16)4-5-7(11)14/h6H,4-5H2,1-3H3,(H2,11,14)(H,15,16)(H2,12,13,17)/t6-/m0/s1. The van der Waals surface area contributed by atoms with Crippen LogP contribution in [0.15, 0.2) is 0 Å². The van der Waals surface area contributed by atoms with Crippen LogP contribution < -0.4 is 16.4 Å². The first-order valence-electron chi connectivity index (χ1n) is 5.21. The van der Waals surface area contributed by atoms with Gasteiger partial charge in [-0.1, -0.05) is 0 Å². The zero-order valence-corrected chi connectivity index (χ0v) is 10.2. The van der Waals surface area contributed by atoms with Crippen LogP contribution in [0.5, 0.6) is 0 Å². The molecule has 0 rings (SSSR count). The van der Waals surface area contributed by atoms with E-state index in [2.05, 4.69) is 10.6 Å². The Hall–Kier alpha value is -1.79. The van der Waals surface area contributed by atoms with Crippen molar-refractivity contribution in [1.82, 2.24) is 10.6 Å². The van der Waals surface area contributed by atoms with Crippen molar-refractivity contribution < 1.29 is 19.5 Å². The molecule has 1 atom stereocenters. The van der Waals surface area contributed by atoms with Gasteiger partial charge in [0.2, 0.25) is 5.91 Å². The third-order valence-corrected chi connectivity index (χ3v) is 1.77. The van der Waals surface area contributed by atoms with Crippen LogP contribution in [-0.2, 0) is 9.59 Å².